The van der Waals surface area contributed by atoms with Gasteiger partial charge in [0.25, 0.3) is 5.91 Å². The summed E-state index contributed by atoms with van der Waals surface area (Å²) in [5.74, 6) is -0.109. The fraction of sp³-hybridized carbons (Fsp3) is 0.278. The van der Waals surface area contributed by atoms with Crippen molar-refractivity contribution in [3.8, 4) is 0 Å². The van der Waals surface area contributed by atoms with Crippen LogP contribution in [0.1, 0.15) is 34.9 Å². The Morgan fingerprint density at radius 3 is 2.88 bits per heavy atom. The summed E-state index contributed by atoms with van der Waals surface area (Å²) in [6, 6.07) is 11.2. The second-order valence-corrected chi connectivity index (χ2v) is 6.18. The van der Waals surface area contributed by atoms with E-state index in [9.17, 15) is 9.90 Å². The Morgan fingerprint density at radius 1 is 1.29 bits per heavy atom. The predicted octanol–water partition coefficient (Wildman–Crippen LogP) is 2.46. The van der Waals surface area contributed by atoms with Crippen LogP contribution in [0.15, 0.2) is 53.4 Å². The maximum Gasteiger partial charge on any atom is 0.273 e. The number of aromatic nitrogens is 2. The van der Waals surface area contributed by atoms with Gasteiger partial charge in [0, 0.05) is 17.6 Å². The first-order valence-electron chi connectivity index (χ1n) is 7.95. The van der Waals surface area contributed by atoms with E-state index in [1.165, 1.54) is 12.3 Å². The number of hydrogen-bond acceptors (Lipinski definition) is 5. The van der Waals surface area contributed by atoms with Gasteiger partial charge >= 0.3 is 0 Å². The highest BCUT2D eigenvalue weighted by molar-refractivity contribution is 5.92. The summed E-state index contributed by atoms with van der Waals surface area (Å²) in [7, 11) is 0. The van der Waals surface area contributed by atoms with Crippen molar-refractivity contribution in [2.75, 3.05) is 0 Å². The van der Waals surface area contributed by atoms with Crippen LogP contribution in [-0.4, -0.2) is 27.3 Å². The Labute approximate surface area is 138 Å². The maximum atomic E-state index is 12.4. The lowest BCUT2D eigenvalue weighted by Gasteiger charge is -2.38. The van der Waals surface area contributed by atoms with Crippen molar-refractivity contribution in [2.45, 2.75) is 25.0 Å². The SMILES string of the molecule is O=C(N[C@@H](c1cnc2ccccc2c1)C1CC(O)C1)c1ccon1. The fourth-order valence-corrected chi connectivity index (χ4v) is 3.18. The number of amides is 1. The van der Waals surface area contributed by atoms with Gasteiger partial charge in [-0.2, -0.15) is 0 Å². The number of nitrogens with one attached hydrogen (secondary N) is 1. The van der Waals surface area contributed by atoms with E-state index >= 15 is 0 Å². The van der Waals surface area contributed by atoms with Gasteiger partial charge in [0.15, 0.2) is 5.69 Å². The third-order valence-electron chi connectivity index (χ3n) is 4.55. The number of fused-ring (bicyclic) bond motifs is 1. The quantitative estimate of drug-likeness (QED) is 0.770. The Hall–Kier alpha value is -2.73. The lowest BCUT2D eigenvalue weighted by atomic mass is 9.75. The molecule has 4 rings (SSSR count). The second-order valence-electron chi connectivity index (χ2n) is 6.18. The van der Waals surface area contributed by atoms with Crippen LogP contribution in [0.25, 0.3) is 10.9 Å². The molecule has 122 valence electrons. The molecule has 6 nitrogen and oxygen atoms in total. The van der Waals surface area contributed by atoms with Crippen molar-refractivity contribution >= 4 is 16.8 Å². The number of para-hydroxylation sites is 1. The molecule has 6 heteroatoms. The number of rotatable bonds is 4. The van der Waals surface area contributed by atoms with Crippen LogP contribution < -0.4 is 5.32 Å². The minimum atomic E-state index is -0.296. The monoisotopic (exact) mass is 323 g/mol. The Morgan fingerprint density at radius 2 is 2.12 bits per heavy atom. The van der Waals surface area contributed by atoms with E-state index < -0.39 is 0 Å². The molecule has 2 N–H and O–H groups in total. The van der Waals surface area contributed by atoms with Crippen LogP contribution in [0.2, 0.25) is 0 Å². The molecule has 0 radical (unpaired) electrons. The first-order chi connectivity index (χ1) is 11.7. The molecule has 0 unspecified atom stereocenters. The Balaban J connectivity index is 1.65. The van der Waals surface area contributed by atoms with Gasteiger partial charge in [0.2, 0.25) is 0 Å². The van der Waals surface area contributed by atoms with Gasteiger partial charge in [0.1, 0.15) is 6.26 Å². The van der Waals surface area contributed by atoms with Crippen molar-refractivity contribution in [1.82, 2.24) is 15.5 Å². The fourth-order valence-electron chi connectivity index (χ4n) is 3.18. The van der Waals surface area contributed by atoms with Crippen molar-refractivity contribution in [1.29, 1.82) is 0 Å². The van der Waals surface area contributed by atoms with Crippen molar-refractivity contribution in [2.24, 2.45) is 5.92 Å². The van der Waals surface area contributed by atoms with E-state index in [0.29, 0.717) is 12.8 Å². The number of nitrogens with zero attached hydrogens (tertiary/aromatic N) is 2. The molecular weight excluding hydrogens is 306 g/mol. The highest BCUT2D eigenvalue weighted by Gasteiger charge is 2.36. The minimum Gasteiger partial charge on any atom is -0.393 e. The van der Waals surface area contributed by atoms with Crippen LogP contribution in [0, 0.1) is 5.92 Å². The number of hydrogen-bond donors (Lipinski definition) is 2. The normalized spacial score (nSPS) is 21.2. The summed E-state index contributed by atoms with van der Waals surface area (Å²) in [5, 5.41) is 17.4. The molecule has 1 saturated carbocycles. The van der Waals surface area contributed by atoms with Gasteiger partial charge in [-0.3, -0.25) is 9.78 Å². The number of aliphatic hydroxyl groups excluding tert-OH is 1. The highest BCUT2D eigenvalue weighted by Crippen LogP contribution is 2.38. The molecule has 1 amide bonds. The van der Waals surface area contributed by atoms with Gasteiger partial charge in [-0.1, -0.05) is 23.4 Å². The lowest BCUT2D eigenvalue weighted by molar-refractivity contribution is 0.0234. The number of benzene rings is 1. The zero-order chi connectivity index (χ0) is 16.5. The summed E-state index contributed by atoms with van der Waals surface area (Å²) in [6.07, 6.45) is 4.19. The van der Waals surface area contributed by atoms with Gasteiger partial charge < -0.3 is 14.9 Å². The summed E-state index contributed by atoms with van der Waals surface area (Å²) in [6.45, 7) is 0. The maximum absolute atomic E-state index is 12.4. The highest BCUT2D eigenvalue weighted by atomic mass is 16.5. The molecule has 0 saturated heterocycles. The van der Waals surface area contributed by atoms with Gasteiger partial charge in [-0.25, -0.2) is 0 Å². The van der Waals surface area contributed by atoms with Gasteiger partial charge in [-0.05, 0) is 36.5 Å². The number of carbonyl (C=O) groups excluding carboxylic acids is 1. The molecule has 1 fully saturated rings. The lowest BCUT2D eigenvalue weighted by Crippen LogP contribution is -2.41. The molecule has 24 heavy (non-hydrogen) atoms. The van der Waals surface area contributed by atoms with Gasteiger partial charge in [0.05, 0.1) is 17.7 Å². The van der Waals surface area contributed by atoms with E-state index in [1.807, 2.05) is 30.3 Å². The van der Waals surface area contributed by atoms with Crippen LogP contribution >= 0.6 is 0 Å². The molecule has 0 bridgehead atoms. The second kappa shape index (κ2) is 6.05. The molecule has 2 aromatic heterocycles. The zero-order valence-electron chi connectivity index (χ0n) is 12.9. The smallest absolute Gasteiger partial charge is 0.273 e. The first-order valence-corrected chi connectivity index (χ1v) is 7.95. The summed E-state index contributed by atoms with van der Waals surface area (Å²) in [4.78, 5) is 16.8. The predicted molar refractivity (Wildman–Crippen MR) is 87.2 cm³/mol. The molecule has 1 atom stereocenters. The van der Waals surface area contributed by atoms with E-state index in [2.05, 4.69) is 15.5 Å². The third kappa shape index (κ3) is 2.76. The molecule has 0 spiro atoms. The largest absolute Gasteiger partial charge is 0.393 e. The average Bonchev–Trinajstić information content (AvgIpc) is 3.11. The molecule has 3 aromatic rings. The van der Waals surface area contributed by atoms with Crippen LogP contribution in [0.3, 0.4) is 0 Å². The Kier molecular flexibility index (Phi) is 3.74. The van der Waals surface area contributed by atoms with Crippen LogP contribution in [0.4, 0.5) is 0 Å². The van der Waals surface area contributed by atoms with Gasteiger partial charge in [-0.15, -0.1) is 0 Å². The van der Waals surface area contributed by atoms with Crippen molar-refractivity contribution < 1.29 is 14.4 Å². The summed E-state index contributed by atoms with van der Waals surface area (Å²) in [5.41, 5.74) is 2.09. The number of carbonyl (C=O) groups is 1. The minimum absolute atomic E-state index is 0.179. The Bertz CT molecular complexity index is 857. The summed E-state index contributed by atoms with van der Waals surface area (Å²) >= 11 is 0. The first kappa shape index (κ1) is 14.8. The van der Waals surface area contributed by atoms with E-state index in [0.717, 1.165) is 16.5 Å². The zero-order valence-corrected chi connectivity index (χ0v) is 12.9. The van der Waals surface area contributed by atoms with Crippen molar-refractivity contribution in [3.05, 3.63) is 60.1 Å². The van der Waals surface area contributed by atoms with E-state index in [-0.39, 0.29) is 29.7 Å². The molecule has 1 aliphatic rings. The van der Waals surface area contributed by atoms with Crippen LogP contribution in [-0.2, 0) is 0 Å². The topological polar surface area (TPSA) is 88.2 Å². The molecule has 1 aliphatic carbocycles. The molecule has 0 aliphatic heterocycles. The van der Waals surface area contributed by atoms with Crippen molar-refractivity contribution in [3.63, 3.8) is 0 Å². The van der Waals surface area contributed by atoms with Crippen LogP contribution in [0.5, 0.6) is 0 Å². The molecule has 1 aromatic carbocycles. The number of aliphatic hydroxyl groups is 1. The standard InChI is InChI=1S/C18H17N3O3/c22-14-8-12(9-14)17(20-18(23)16-5-6-24-21-16)13-7-11-3-1-2-4-15(11)19-10-13/h1-7,10,12,14,17,22H,8-9H2,(H,20,23)/t12?,14?,17-/m1/s1. The van der Waals surface area contributed by atoms with E-state index in [1.54, 1.807) is 6.20 Å². The average molecular weight is 323 g/mol. The third-order valence-corrected chi connectivity index (χ3v) is 4.55. The summed E-state index contributed by atoms with van der Waals surface area (Å²) < 4.78 is 4.74. The number of pyridine rings is 1. The molecular formula is C18H17N3O3. The van der Waals surface area contributed by atoms with E-state index in [4.69, 9.17) is 4.52 Å². The molecule has 2 heterocycles.